The van der Waals surface area contributed by atoms with Gasteiger partial charge in [-0.25, -0.2) is 4.68 Å². The largest absolute Gasteiger partial charge is 0.493 e. The fourth-order valence-electron chi connectivity index (χ4n) is 3.77. The van der Waals surface area contributed by atoms with Gasteiger partial charge in [-0.2, -0.15) is 10.4 Å². The van der Waals surface area contributed by atoms with Crippen molar-refractivity contribution in [3.05, 3.63) is 95.6 Å². The molecule has 0 bridgehead atoms. The molecule has 2 aromatic carbocycles. The van der Waals surface area contributed by atoms with Gasteiger partial charge in [-0.3, -0.25) is 4.79 Å². The second-order valence-corrected chi connectivity index (χ2v) is 9.16. The van der Waals surface area contributed by atoms with Crippen LogP contribution in [0.1, 0.15) is 37.2 Å². The highest BCUT2D eigenvalue weighted by Crippen LogP contribution is 2.30. The SMILES string of the molecule is Cc1cc(-c2nn(-c3ccccc3)cc2C=C(C#N)C(=O)NCc2ccco2)ccc1OCCC(C)C. The fourth-order valence-corrected chi connectivity index (χ4v) is 3.77. The van der Waals surface area contributed by atoms with E-state index in [0.717, 1.165) is 29.0 Å². The van der Waals surface area contributed by atoms with Crippen LogP contribution in [0, 0.1) is 24.2 Å². The number of para-hydroxylation sites is 1. The lowest BCUT2D eigenvalue weighted by atomic mass is 10.0. The number of rotatable bonds is 10. The molecule has 7 nitrogen and oxygen atoms in total. The van der Waals surface area contributed by atoms with Gasteiger partial charge < -0.3 is 14.5 Å². The summed E-state index contributed by atoms with van der Waals surface area (Å²) < 4.78 is 13.0. The zero-order valence-corrected chi connectivity index (χ0v) is 21.3. The summed E-state index contributed by atoms with van der Waals surface area (Å²) >= 11 is 0. The summed E-state index contributed by atoms with van der Waals surface area (Å²) in [6.07, 6.45) is 5.91. The number of carbonyl (C=O) groups excluding carboxylic acids is 1. The van der Waals surface area contributed by atoms with Gasteiger partial charge in [-0.05, 0) is 73.4 Å². The normalized spacial score (nSPS) is 11.4. The quantitative estimate of drug-likeness (QED) is 0.213. The minimum absolute atomic E-state index is 0.0224. The summed E-state index contributed by atoms with van der Waals surface area (Å²) in [5.74, 6) is 1.53. The highest BCUT2D eigenvalue weighted by atomic mass is 16.5. The summed E-state index contributed by atoms with van der Waals surface area (Å²) in [4.78, 5) is 12.8. The van der Waals surface area contributed by atoms with Crippen molar-refractivity contribution < 1.29 is 13.9 Å². The topological polar surface area (TPSA) is 93.1 Å². The first-order valence-corrected chi connectivity index (χ1v) is 12.3. The number of benzene rings is 2. The molecule has 2 aromatic heterocycles. The number of ether oxygens (including phenoxy) is 1. The highest BCUT2D eigenvalue weighted by Gasteiger charge is 2.16. The predicted octanol–water partition coefficient (Wildman–Crippen LogP) is 6.09. The smallest absolute Gasteiger partial charge is 0.262 e. The second kappa shape index (κ2) is 11.9. The molecule has 0 atom stereocenters. The van der Waals surface area contributed by atoms with Crippen molar-refractivity contribution in [3.63, 3.8) is 0 Å². The van der Waals surface area contributed by atoms with Crippen LogP contribution in [0.25, 0.3) is 23.0 Å². The van der Waals surface area contributed by atoms with Crippen LogP contribution in [0.15, 0.2) is 83.1 Å². The fraction of sp³-hybridized carbons (Fsp3) is 0.233. The van der Waals surface area contributed by atoms with Gasteiger partial charge in [-0.15, -0.1) is 0 Å². The molecular formula is C30H30N4O3. The number of furan rings is 1. The molecule has 1 amide bonds. The Kier molecular flexibility index (Phi) is 8.22. The lowest BCUT2D eigenvalue weighted by Crippen LogP contribution is -2.23. The zero-order chi connectivity index (χ0) is 26.2. The third-order valence-electron chi connectivity index (χ3n) is 5.83. The molecule has 37 heavy (non-hydrogen) atoms. The van der Waals surface area contributed by atoms with Crippen molar-refractivity contribution in [3.8, 4) is 28.8 Å². The number of nitrogens with one attached hydrogen (secondary N) is 1. The Morgan fingerprint density at radius 1 is 1.19 bits per heavy atom. The Bertz CT molecular complexity index is 1410. The van der Waals surface area contributed by atoms with E-state index < -0.39 is 5.91 Å². The molecule has 0 fully saturated rings. The second-order valence-electron chi connectivity index (χ2n) is 9.16. The van der Waals surface area contributed by atoms with Gasteiger partial charge in [0.05, 0.1) is 25.1 Å². The standard InChI is InChI=1S/C30H30N4O3/c1-21(2)13-15-37-28-12-11-23(16-22(28)3)29-25(20-34(33-29)26-8-5-4-6-9-26)17-24(18-31)30(35)32-19-27-10-7-14-36-27/h4-12,14,16-17,20-21H,13,15,19H2,1-3H3,(H,32,35). The molecule has 0 spiro atoms. The Morgan fingerprint density at radius 3 is 2.68 bits per heavy atom. The van der Waals surface area contributed by atoms with Crippen molar-refractivity contribution in [2.45, 2.75) is 33.7 Å². The molecule has 0 aliphatic heterocycles. The van der Waals surface area contributed by atoms with Gasteiger partial charge in [0.25, 0.3) is 5.91 Å². The van der Waals surface area contributed by atoms with Crippen molar-refractivity contribution in [1.29, 1.82) is 5.26 Å². The molecule has 0 aliphatic carbocycles. The van der Waals surface area contributed by atoms with Crippen LogP contribution in [-0.4, -0.2) is 22.3 Å². The molecular weight excluding hydrogens is 464 g/mol. The molecule has 0 unspecified atom stereocenters. The van der Waals surface area contributed by atoms with E-state index in [0.29, 0.717) is 29.5 Å². The summed E-state index contributed by atoms with van der Waals surface area (Å²) in [7, 11) is 0. The number of carbonyl (C=O) groups is 1. The monoisotopic (exact) mass is 494 g/mol. The number of amides is 1. The number of aromatic nitrogens is 2. The maximum absolute atomic E-state index is 12.8. The molecule has 4 rings (SSSR count). The van der Waals surface area contributed by atoms with E-state index in [-0.39, 0.29) is 12.1 Å². The predicted molar refractivity (Wildman–Crippen MR) is 143 cm³/mol. The molecule has 0 aliphatic rings. The molecule has 0 radical (unpaired) electrons. The average Bonchev–Trinajstić information content (AvgIpc) is 3.57. The van der Waals surface area contributed by atoms with Gasteiger partial charge in [0.15, 0.2) is 0 Å². The number of nitriles is 1. The van der Waals surface area contributed by atoms with Crippen LogP contribution >= 0.6 is 0 Å². The number of hydrogen-bond acceptors (Lipinski definition) is 5. The van der Waals surface area contributed by atoms with Gasteiger partial charge in [0.2, 0.25) is 0 Å². The summed E-state index contributed by atoms with van der Waals surface area (Å²) in [5.41, 5.74) is 4.01. The van der Waals surface area contributed by atoms with Crippen LogP contribution in [0.3, 0.4) is 0 Å². The van der Waals surface area contributed by atoms with Crippen LogP contribution in [0.5, 0.6) is 5.75 Å². The van der Waals surface area contributed by atoms with Gasteiger partial charge in [0.1, 0.15) is 28.8 Å². The minimum Gasteiger partial charge on any atom is -0.493 e. The Labute approximate surface area is 217 Å². The van der Waals surface area contributed by atoms with Crippen LogP contribution in [0.2, 0.25) is 0 Å². The number of hydrogen-bond donors (Lipinski definition) is 1. The van der Waals surface area contributed by atoms with E-state index >= 15 is 0 Å². The molecule has 0 saturated heterocycles. The van der Waals surface area contributed by atoms with Crippen molar-refractivity contribution in [2.75, 3.05) is 6.61 Å². The molecule has 2 heterocycles. The van der Waals surface area contributed by atoms with E-state index in [2.05, 4.69) is 19.2 Å². The van der Waals surface area contributed by atoms with Crippen LogP contribution in [0.4, 0.5) is 0 Å². The molecule has 1 N–H and O–H groups in total. The molecule has 4 aromatic rings. The van der Waals surface area contributed by atoms with Crippen LogP contribution in [-0.2, 0) is 11.3 Å². The van der Waals surface area contributed by atoms with Crippen molar-refractivity contribution in [2.24, 2.45) is 5.92 Å². The first kappa shape index (κ1) is 25.5. The third-order valence-corrected chi connectivity index (χ3v) is 5.83. The average molecular weight is 495 g/mol. The first-order valence-electron chi connectivity index (χ1n) is 12.3. The lowest BCUT2D eigenvalue weighted by Gasteiger charge is -2.11. The molecule has 7 heteroatoms. The van der Waals surface area contributed by atoms with E-state index in [1.165, 1.54) is 6.26 Å². The summed E-state index contributed by atoms with van der Waals surface area (Å²) in [5, 5.41) is 17.3. The van der Waals surface area contributed by atoms with Crippen molar-refractivity contribution >= 4 is 12.0 Å². The zero-order valence-electron chi connectivity index (χ0n) is 21.3. The number of aryl methyl sites for hydroxylation is 1. The van der Waals surface area contributed by atoms with Gasteiger partial charge >= 0.3 is 0 Å². The lowest BCUT2D eigenvalue weighted by molar-refractivity contribution is -0.117. The summed E-state index contributed by atoms with van der Waals surface area (Å²) in [6, 6.07) is 21.1. The minimum atomic E-state index is -0.484. The highest BCUT2D eigenvalue weighted by molar-refractivity contribution is 6.02. The first-order chi connectivity index (χ1) is 17.9. The third kappa shape index (κ3) is 6.56. The molecule has 0 saturated carbocycles. The van der Waals surface area contributed by atoms with Gasteiger partial charge in [-0.1, -0.05) is 32.0 Å². The Morgan fingerprint density at radius 2 is 2.00 bits per heavy atom. The van der Waals surface area contributed by atoms with Gasteiger partial charge in [0, 0.05) is 17.3 Å². The molecule has 188 valence electrons. The number of nitrogens with zero attached hydrogens (tertiary/aromatic N) is 3. The van der Waals surface area contributed by atoms with Crippen molar-refractivity contribution in [1.82, 2.24) is 15.1 Å². The summed E-state index contributed by atoms with van der Waals surface area (Å²) in [6.45, 7) is 7.20. The van der Waals surface area contributed by atoms with Crippen LogP contribution < -0.4 is 10.1 Å². The Hall–Kier alpha value is -4.57. The van der Waals surface area contributed by atoms with E-state index in [1.54, 1.807) is 22.9 Å². The maximum Gasteiger partial charge on any atom is 0.262 e. The van der Waals surface area contributed by atoms with E-state index in [9.17, 15) is 10.1 Å². The maximum atomic E-state index is 12.8. The van der Waals surface area contributed by atoms with E-state index in [4.69, 9.17) is 14.3 Å². The van der Waals surface area contributed by atoms with E-state index in [1.807, 2.05) is 67.7 Å². The Balaban J connectivity index is 1.67.